The van der Waals surface area contributed by atoms with Crippen molar-refractivity contribution < 1.29 is 9.53 Å². The first-order valence-electron chi connectivity index (χ1n) is 7.74. The zero-order valence-electron chi connectivity index (χ0n) is 13.8. The molecule has 0 spiro atoms. The number of carbonyl (C=O) groups is 1. The Labute approximate surface area is 151 Å². The van der Waals surface area contributed by atoms with Gasteiger partial charge in [-0.15, -0.1) is 0 Å². The Bertz CT molecular complexity index is 771. The first-order valence-corrected chi connectivity index (χ1v) is 8.50. The Morgan fingerprint density at radius 3 is 2.33 bits per heavy atom. The first-order chi connectivity index (χ1) is 11.3. The summed E-state index contributed by atoms with van der Waals surface area (Å²) in [4.78, 5) is 12.5. The summed E-state index contributed by atoms with van der Waals surface area (Å²) in [6, 6.07) is 13.0. The van der Waals surface area contributed by atoms with Crippen LogP contribution < -0.4 is 10.1 Å². The number of benzene rings is 2. The molecule has 1 aliphatic rings. The van der Waals surface area contributed by atoms with E-state index in [1.807, 2.05) is 12.1 Å². The van der Waals surface area contributed by atoms with Gasteiger partial charge in [-0.05, 0) is 41.3 Å². The number of hydrogen-bond donors (Lipinski definition) is 1. The van der Waals surface area contributed by atoms with Gasteiger partial charge in [0.1, 0.15) is 5.75 Å². The molecule has 2 atom stereocenters. The van der Waals surface area contributed by atoms with E-state index in [1.54, 1.807) is 25.3 Å². The third-order valence-corrected chi connectivity index (χ3v) is 5.51. The molecule has 0 radical (unpaired) electrons. The molecule has 1 fully saturated rings. The van der Waals surface area contributed by atoms with E-state index >= 15 is 0 Å². The third kappa shape index (κ3) is 3.11. The van der Waals surface area contributed by atoms with Gasteiger partial charge in [-0.25, -0.2) is 0 Å². The van der Waals surface area contributed by atoms with Gasteiger partial charge in [0.25, 0.3) is 5.91 Å². The quantitative estimate of drug-likeness (QED) is 0.836. The summed E-state index contributed by atoms with van der Waals surface area (Å²) in [7, 11) is 1.65. The van der Waals surface area contributed by atoms with Gasteiger partial charge >= 0.3 is 0 Å². The lowest BCUT2D eigenvalue weighted by Crippen LogP contribution is -2.28. The summed E-state index contributed by atoms with van der Waals surface area (Å²) in [6.07, 6.45) is 0. The third-order valence-electron chi connectivity index (χ3n) is 4.77. The summed E-state index contributed by atoms with van der Waals surface area (Å²) < 4.78 is 5.20. The molecule has 0 saturated heterocycles. The molecule has 0 aliphatic heterocycles. The van der Waals surface area contributed by atoms with Crippen LogP contribution >= 0.6 is 23.2 Å². The molecule has 1 saturated carbocycles. The van der Waals surface area contributed by atoms with Crippen LogP contribution in [0.25, 0.3) is 0 Å². The van der Waals surface area contributed by atoms with Gasteiger partial charge in [0.2, 0.25) is 0 Å². The van der Waals surface area contributed by atoms with E-state index in [9.17, 15) is 4.79 Å². The fourth-order valence-corrected chi connectivity index (χ4v) is 3.50. The predicted molar refractivity (Wildman–Crippen MR) is 97.2 cm³/mol. The Balaban J connectivity index is 1.74. The van der Waals surface area contributed by atoms with Crippen LogP contribution in [0.2, 0.25) is 10.0 Å². The van der Waals surface area contributed by atoms with Gasteiger partial charge in [-0.2, -0.15) is 0 Å². The molecule has 126 valence electrons. The van der Waals surface area contributed by atoms with Crippen LogP contribution in [0.3, 0.4) is 0 Å². The number of halogens is 2. The molecular weight excluding hydrogens is 345 g/mol. The van der Waals surface area contributed by atoms with E-state index in [4.69, 9.17) is 27.9 Å². The lowest BCUT2D eigenvalue weighted by atomic mass is 10.0. The topological polar surface area (TPSA) is 38.3 Å². The maximum absolute atomic E-state index is 12.5. The van der Waals surface area contributed by atoms with Crippen molar-refractivity contribution in [3.8, 4) is 5.75 Å². The second-order valence-corrected chi connectivity index (χ2v) is 7.47. The number of rotatable bonds is 4. The van der Waals surface area contributed by atoms with Gasteiger partial charge in [0.05, 0.1) is 17.2 Å². The maximum Gasteiger partial charge on any atom is 0.251 e. The van der Waals surface area contributed by atoms with E-state index in [2.05, 4.69) is 31.3 Å². The monoisotopic (exact) mass is 363 g/mol. The largest absolute Gasteiger partial charge is 0.497 e. The Morgan fingerprint density at radius 2 is 1.75 bits per heavy atom. The number of methoxy groups -OCH3 is 1. The maximum atomic E-state index is 12.5. The van der Waals surface area contributed by atoms with E-state index in [-0.39, 0.29) is 23.3 Å². The van der Waals surface area contributed by atoms with Crippen molar-refractivity contribution in [3.63, 3.8) is 0 Å². The van der Waals surface area contributed by atoms with Gasteiger partial charge < -0.3 is 10.1 Å². The molecule has 3 nitrogen and oxygen atoms in total. The molecular formula is C19H19Cl2NO2. The molecule has 2 aromatic rings. The molecule has 1 N–H and O–H groups in total. The van der Waals surface area contributed by atoms with Crippen molar-refractivity contribution in [2.75, 3.05) is 7.11 Å². The lowest BCUT2D eigenvalue weighted by Gasteiger charge is -2.07. The van der Waals surface area contributed by atoms with Gasteiger partial charge in [-0.3, -0.25) is 4.79 Å². The summed E-state index contributed by atoms with van der Waals surface area (Å²) in [5.41, 5.74) is 1.71. The van der Waals surface area contributed by atoms with Crippen LogP contribution in [0.4, 0.5) is 0 Å². The number of hydrogen-bond acceptors (Lipinski definition) is 2. The van der Waals surface area contributed by atoms with Crippen LogP contribution in [-0.4, -0.2) is 19.1 Å². The molecule has 24 heavy (non-hydrogen) atoms. The molecule has 1 aliphatic carbocycles. The Morgan fingerprint density at radius 1 is 1.08 bits per heavy atom. The van der Waals surface area contributed by atoms with Crippen LogP contribution in [0, 0.1) is 5.41 Å². The molecule has 5 heteroatoms. The van der Waals surface area contributed by atoms with Crippen molar-refractivity contribution >= 4 is 29.1 Å². The second kappa shape index (κ2) is 6.30. The van der Waals surface area contributed by atoms with Crippen LogP contribution in [-0.2, 0) is 0 Å². The van der Waals surface area contributed by atoms with Gasteiger partial charge in [0, 0.05) is 17.5 Å². The predicted octanol–water partition coefficient (Wildman–Crippen LogP) is 4.92. The van der Waals surface area contributed by atoms with Gasteiger partial charge in [0.15, 0.2) is 0 Å². The zero-order valence-corrected chi connectivity index (χ0v) is 15.3. The van der Waals surface area contributed by atoms with Crippen molar-refractivity contribution in [1.82, 2.24) is 5.32 Å². The first kappa shape index (κ1) is 17.1. The number of carbonyl (C=O) groups excluding carboxylic acids is 1. The summed E-state index contributed by atoms with van der Waals surface area (Å²) in [5, 5.41) is 3.93. The van der Waals surface area contributed by atoms with Crippen molar-refractivity contribution in [2.45, 2.75) is 25.8 Å². The molecule has 3 rings (SSSR count). The molecule has 2 unspecified atom stereocenters. The highest BCUT2D eigenvalue weighted by atomic mass is 35.5. The SMILES string of the molecule is COc1ccc(C2C(NC(=O)c3ccc(Cl)c(Cl)c3)C2(C)C)cc1. The molecule has 0 bridgehead atoms. The molecule has 0 heterocycles. The smallest absolute Gasteiger partial charge is 0.251 e. The van der Waals surface area contributed by atoms with Gasteiger partial charge in [-0.1, -0.05) is 49.2 Å². The highest BCUT2D eigenvalue weighted by Gasteiger charge is 2.59. The van der Waals surface area contributed by atoms with E-state index < -0.39 is 0 Å². The Kier molecular flexibility index (Phi) is 4.50. The van der Waals surface area contributed by atoms with E-state index in [0.717, 1.165) is 5.75 Å². The number of ether oxygens (including phenoxy) is 1. The highest BCUT2D eigenvalue weighted by Crippen LogP contribution is 2.58. The average Bonchev–Trinajstić information content (AvgIpc) is 3.10. The number of nitrogens with one attached hydrogen (secondary N) is 1. The molecule has 0 aromatic heterocycles. The summed E-state index contributed by atoms with van der Waals surface area (Å²) in [6.45, 7) is 4.31. The normalized spacial score (nSPS) is 21.2. The van der Waals surface area contributed by atoms with Crippen molar-refractivity contribution in [1.29, 1.82) is 0 Å². The second-order valence-electron chi connectivity index (χ2n) is 6.65. The van der Waals surface area contributed by atoms with E-state index in [0.29, 0.717) is 15.6 Å². The summed E-state index contributed by atoms with van der Waals surface area (Å²) >= 11 is 11.9. The van der Waals surface area contributed by atoms with Crippen molar-refractivity contribution in [3.05, 3.63) is 63.6 Å². The average molecular weight is 364 g/mol. The highest BCUT2D eigenvalue weighted by molar-refractivity contribution is 6.42. The van der Waals surface area contributed by atoms with Crippen molar-refractivity contribution in [2.24, 2.45) is 5.41 Å². The minimum Gasteiger partial charge on any atom is -0.497 e. The van der Waals surface area contributed by atoms with Crippen LogP contribution in [0.15, 0.2) is 42.5 Å². The van der Waals surface area contributed by atoms with Crippen LogP contribution in [0.1, 0.15) is 35.7 Å². The van der Waals surface area contributed by atoms with E-state index in [1.165, 1.54) is 5.56 Å². The molecule has 1 amide bonds. The van der Waals surface area contributed by atoms with Crippen LogP contribution in [0.5, 0.6) is 5.75 Å². The zero-order chi connectivity index (χ0) is 17.5. The standard InChI is InChI=1S/C19H19Cl2NO2/c1-19(2)16(11-4-7-13(24-3)8-5-11)17(19)22-18(23)12-6-9-14(20)15(21)10-12/h4-10,16-17H,1-3H3,(H,22,23). The minimum absolute atomic E-state index is 0.000465. The minimum atomic E-state index is -0.136. The number of amides is 1. The summed E-state index contributed by atoms with van der Waals surface area (Å²) in [5.74, 6) is 0.964. The fourth-order valence-electron chi connectivity index (χ4n) is 3.20. The lowest BCUT2D eigenvalue weighted by molar-refractivity contribution is 0.0946. The molecule has 2 aromatic carbocycles. The fraction of sp³-hybridized carbons (Fsp3) is 0.316. The Hall–Kier alpha value is -1.71.